The van der Waals surface area contributed by atoms with Gasteiger partial charge in [-0.05, 0) is 67.1 Å². The highest BCUT2D eigenvalue weighted by molar-refractivity contribution is 7.09. The van der Waals surface area contributed by atoms with E-state index in [-0.39, 0.29) is 12.1 Å². The summed E-state index contributed by atoms with van der Waals surface area (Å²) in [5, 5.41) is 11.2. The van der Waals surface area contributed by atoms with Crippen molar-refractivity contribution in [2.45, 2.75) is 78.0 Å². The topological polar surface area (TPSA) is 135 Å². The van der Waals surface area contributed by atoms with E-state index in [2.05, 4.69) is 24.0 Å². The number of thiazole rings is 1. The molecule has 0 aromatic carbocycles. The predicted molar refractivity (Wildman–Crippen MR) is 161 cm³/mol. The molecule has 2 N–H and O–H groups in total. The Morgan fingerprint density at radius 3 is 2.56 bits per heavy atom. The molecule has 0 unspecified atom stereocenters. The monoisotopic (exact) mass is 586 g/mol. The second kappa shape index (κ2) is 19.7. The number of aryl methyl sites for hydroxylation is 1. The lowest BCUT2D eigenvalue weighted by molar-refractivity contribution is -0.283. The van der Waals surface area contributed by atoms with E-state index in [0.29, 0.717) is 19.3 Å². The lowest BCUT2D eigenvalue weighted by Crippen LogP contribution is -2.34. The molecule has 2 rings (SSSR count). The number of esters is 2. The van der Waals surface area contributed by atoms with Crippen molar-refractivity contribution in [1.29, 1.82) is 0 Å². The molecule has 1 aliphatic rings. The van der Waals surface area contributed by atoms with E-state index >= 15 is 0 Å². The minimum atomic E-state index is -0.653. The van der Waals surface area contributed by atoms with E-state index < -0.39 is 24.6 Å². The first-order chi connectivity index (χ1) is 19.4. The van der Waals surface area contributed by atoms with Crippen molar-refractivity contribution in [1.82, 2.24) is 9.88 Å². The van der Waals surface area contributed by atoms with Crippen LogP contribution in [0.15, 0.2) is 64.6 Å². The van der Waals surface area contributed by atoms with Crippen LogP contribution < -0.4 is 10.8 Å². The third-order valence-corrected chi connectivity index (χ3v) is 6.79. The van der Waals surface area contributed by atoms with Gasteiger partial charge in [-0.25, -0.2) is 9.78 Å². The summed E-state index contributed by atoms with van der Waals surface area (Å²) in [6, 6.07) is -0.653. The van der Waals surface area contributed by atoms with Crippen molar-refractivity contribution >= 4 is 29.7 Å². The average Bonchev–Trinajstić information content (AvgIpc) is 3.32. The van der Waals surface area contributed by atoms with Gasteiger partial charge in [0.05, 0.1) is 10.7 Å². The first-order valence-corrected chi connectivity index (χ1v) is 14.5. The smallest absolute Gasteiger partial charge is 0.331 e. The quantitative estimate of drug-likeness (QED) is 0.313. The summed E-state index contributed by atoms with van der Waals surface area (Å²) in [5.41, 5.74) is 10.2. The molecule has 0 radical (unpaired) electrons. The highest BCUT2D eigenvalue weighted by Crippen LogP contribution is 2.18. The molecule has 3 atom stereocenters. The molecular formula is C31H44N3O6S-. The number of cyclic esters (lactones) is 2. The molecule has 0 spiro atoms. The number of likely N-dealkylation sites (N-methyl/N-ethyl adjacent to an activating group) is 1. The van der Waals surface area contributed by atoms with Crippen LogP contribution >= 0.6 is 11.3 Å². The maximum absolute atomic E-state index is 12.6. The van der Waals surface area contributed by atoms with E-state index in [9.17, 15) is 9.59 Å². The van der Waals surface area contributed by atoms with E-state index in [1.54, 1.807) is 17.4 Å². The van der Waals surface area contributed by atoms with E-state index in [0.717, 1.165) is 41.2 Å². The van der Waals surface area contributed by atoms with Crippen molar-refractivity contribution in [3.8, 4) is 0 Å². The van der Waals surface area contributed by atoms with Gasteiger partial charge in [0, 0.05) is 37.3 Å². The zero-order valence-electron chi connectivity index (χ0n) is 25.0. The summed E-state index contributed by atoms with van der Waals surface area (Å²) in [5.74, 6) is -0.807. The Bertz CT molecular complexity index is 1130. The molecule has 41 heavy (non-hydrogen) atoms. The Balaban J connectivity index is 0.00000268. The number of carbonyl (C=O) groups is 3. The number of allylic oxidation sites excluding steroid dienone is 6. The summed E-state index contributed by atoms with van der Waals surface area (Å²) < 4.78 is 11.3. The molecule has 9 nitrogen and oxygen atoms in total. The van der Waals surface area contributed by atoms with Crippen LogP contribution in [-0.2, 0) is 36.7 Å². The molecule has 10 heteroatoms. The molecule has 0 saturated heterocycles. The van der Waals surface area contributed by atoms with Crippen molar-refractivity contribution in [2.24, 2.45) is 5.73 Å². The number of nitrogens with zero attached hydrogens (tertiary/aromatic N) is 2. The fourth-order valence-electron chi connectivity index (χ4n) is 3.82. The fraction of sp³-hybridized carbons (Fsp3) is 0.484. The highest BCUT2D eigenvalue weighted by Gasteiger charge is 2.19. The molecule has 0 fully saturated rings. The van der Waals surface area contributed by atoms with Crippen molar-refractivity contribution in [2.75, 3.05) is 20.6 Å². The SMILES string of the molecule is CC(/C=C/C(C)=C/[C@@H]1Cc2nc(cs2)CCC[C@H](N)C(=O)O[C@@H](C)C/C(C)=C/C=C\C(=O)O1)=C\CN(C)C.O=C[O-]. The lowest BCUT2D eigenvalue weighted by atomic mass is 10.1. The largest absolute Gasteiger partial charge is 0.554 e. The van der Waals surface area contributed by atoms with Crippen molar-refractivity contribution in [3.63, 3.8) is 0 Å². The summed E-state index contributed by atoms with van der Waals surface area (Å²) in [7, 11) is 4.07. The number of hydrogen-bond donors (Lipinski definition) is 1. The Hall–Kier alpha value is -3.34. The highest BCUT2D eigenvalue weighted by atomic mass is 32.1. The minimum Gasteiger partial charge on any atom is -0.554 e. The molecular weight excluding hydrogens is 542 g/mol. The van der Waals surface area contributed by atoms with Crippen LogP contribution in [-0.4, -0.2) is 67.2 Å². The normalized spacial score (nSPS) is 24.1. The maximum Gasteiger partial charge on any atom is 0.331 e. The Kier molecular flexibility index (Phi) is 17.1. The fourth-order valence-corrected chi connectivity index (χ4v) is 4.69. The first kappa shape index (κ1) is 35.7. The third-order valence-electron chi connectivity index (χ3n) is 5.87. The van der Waals surface area contributed by atoms with Crippen LogP contribution in [0.25, 0.3) is 0 Å². The number of carbonyl (C=O) groups excluding carboxylic acids is 3. The maximum atomic E-state index is 12.6. The standard InChI is InChI=1S/C30H43N3O4S.CH2O2/c1-21(15-16-33(5)6)13-14-23(3)18-26-19-28-32-25(20-38-28)10-8-11-27(31)30(35)36-24(4)17-22(2)9-7-12-29(34)37-26;2-1-3/h7,9,12-15,18,20,24,26-27H,8,10-11,16-17,19,31H2,1-6H3;1H,(H,2,3)/p-1/b12-7-,14-13+,21-15+,22-9+,23-18+;/t24-,26+,27-;/m0./s1. The van der Waals surface area contributed by atoms with Gasteiger partial charge in [0.15, 0.2) is 0 Å². The molecule has 2 heterocycles. The Morgan fingerprint density at radius 1 is 1.20 bits per heavy atom. The van der Waals surface area contributed by atoms with Crippen LogP contribution in [0.3, 0.4) is 0 Å². The zero-order chi connectivity index (χ0) is 30.8. The number of hydrogen-bond acceptors (Lipinski definition) is 10. The summed E-state index contributed by atoms with van der Waals surface area (Å²) >= 11 is 1.55. The molecule has 0 amide bonds. The summed E-state index contributed by atoms with van der Waals surface area (Å²) in [6.45, 7) is 8.21. The Morgan fingerprint density at radius 2 is 1.88 bits per heavy atom. The second-order valence-electron chi connectivity index (χ2n) is 10.3. The summed E-state index contributed by atoms with van der Waals surface area (Å²) in [4.78, 5) is 40.1. The minimum absolute atomic E-state index is 0.305. The number of fused-ring (bicyclic) bond motifs is 2. The lowest BCUT2D eigenvalue weighted by Gasteiger charge is -2.17. The summed E-state index contributed by atoms with van der Waals surface area (Å²) in [6.07, 6.45) is 15.4. The number of aromatic nitrogens is 1. The van der Waals surface area contributed by atoms with Gasteiger partial charge in [-0.2, -0.15) is 0 Å². The average molecular weight is 587 g/mol. The van der Waals surface area contributed by atoms with E-state index in [1.807, 2.05) is 58.5 Å². The van der Waals surface area contributed by atoms with E-state index in [1.165, 1.54) is 11.6 Å². The van der Waals surface area contributed by atoms with Crippen LogP contribution in [0.4, 0.5) is 0 Å². The van der Waals surface area contributed by atoms with Gasteiger partial charge in [0.25, 0.3) is 0 Å². The third kappa shape index (κ3) is 16.5. The van der Waals surface area contributed by atoms with Crippen LogP contribution in [0, 0.1) is 0 Å². The zero-order valence-corrected chi connectivity index (χ0v) is 25.8. The molecule has 1 aromatic rings. The molecule has 0 aliphatic carbocycles. The molecule has 1 aromatic heterocycles. The van der Waals surface area contributed by atoms with Gasteiger partial charge in [-0.1, -0.05) is 47.1 Å². The first-order valence-electron chi connectivity index (χ1n) is 13.6. The van der Waals surface area contributed by atoms with Crippen LogP contribution in [0.5, 0.6) is 0 Å². The van der Waals surface area contributed by atoms with Gasteiger partial charge in [0.1, 0.15) is 18.2 Å². The van der Waals surface area contributed by atoms with E-state index in [4.69, 9.17) is 30.1 Å². The number of ether oxygens (including phenoxy) is 2. The van der Waals surface area contributed by atoms with Crippen LogP contribution in [0.1, 0.15) is 57.7 Å². The predicted octanol–water partition coefficient (Wildman–Crippen LogP) is 3.46. The van der Waals surface area contributed by atoms with Gasteiger partial charge in [0.2, 0.25) is 0 Å². The van der Waals surface area contributed by atoms with Gasteiger partial charge in [-0.3, -0.25) is 4.79 Å². The van der Waals surface area contributed by atoms with Gasteiger partial charge < -0.3 is 30.0 Å². The molecule has 226 valence electrons. The van der Waals surface area contributed by atoms with Crippen molar-refractivity contribution in [3.05, 3.63) is 75.3 Å². The number of nitrogens with two attached hydrogens (primary N) is 1. The van der Waals surface area contributed by atoms with Gasteiger partial charge >= 0.3 is 11.9 Å². The van der Waals surface area contributed by atoms with Crippen molar-refractivity contribution < 1.29 is 29.0 Å². The van der Waals surface area contributed by atoms with Crippen LogP contribution in [0.2, 0.25) is 0 Å². The molecule has 1 aliphatic heterocycles. The molecule has 2 bridgehead atoms. The number of carboxylic acid groups (broad SMARTS) is 1. The number of rotatable bonds is 5. The Labute approximate surface area is 248 Å². The molecule has 0 saturated carbocycles. The second-order valence-corrected chi connectivity index (χ2v) is 11.2. The van der Waals surface area contributed by atoms with Gasteiger partial charge in [-0.15, -0.1) is 11.3 Å².